The second-order valence-corrected chi connectivity index (χ2v) is 26.4. The number of urea groups is 1. The van der Waals surface area contributed by atoms with Crippen molar-refractivity contribution in [3.05, 3.63) is 65.7 Å². The first-order valence-electron chi connectivity index (χ1n) is 33.1. The number of likely N-dealkylation sites (tertiary alicyclic amines) is 1. The van der Waals surface area contributed by atoms with Gasteiger partial charge in [0.15, 0.2) is 0 Å². The summed E-state index contributed by atoms with van der Waals surface area (Å²) in [6.07, 6.45) is 1.90. The third-order valence-electron chi connectivity index (χ3n) is 18.7. The molecule has 24 nitrogen and oxygen atoms in total. The van der Waals surface area contributed by atoms with E-state index in [2.05, 4.69) is 43.7 Å². The van der Waals surface area contributed by atoms with E-state index in [0.717, 1.165) is 25.7 Å². The Bertz CT molecular complexity index is 2850. The van der Waals surface area contributed by atoms with Crippen LogP contribution >= 0.6 is 0 Å². The highest BCUT2D eigenvalue weighted by molar-refractivity contribution is 5.98. The number of carbonyl (C=O) groups is 9. The number of hydrogen-bond donors (Lipinski definition) is 8. The number of rotatable bonds is 34. The van der Waals surface area contributed by atoms with Crippen LogP contribution in [-0.2, 0) is 54.3 Å². The molecule has 2 aromatic carbocycles. The Hall–Kier alpha value is -7.49. The number of alkyl carbamates (subject to hydrolysis) is 1. The number of amides is 10. The maximum absolute atomic E-state index is 14.8. The Labute approximate surface area is 550 Å². The molecule has 1 saturated carbocycles. The molecule has 0 spiro atoms. The van der Waals surface area contributed by atoms with Crippen LogP contribution in [0.4, 0.5) is 20.1 Å². The predicted octanol–water partition coefficient (Wildman–Crippen LogP) is 6.64. The summed E-state index contributed by atoms with van der Waals surface area (Å²) in [5.41, 5.74) is 6.83. The average Bonchev–Trinajstić information content (AvgIpc) is 1.66. The zero-order chi connectivity index (χ0) is 68.8. The molecule has 0 bridgehead atoms. The number of nitrogens with one attached hydrogen (secondary N) is 6. The highest BCUT2D eigenvalue weighted by Gasteiger charge is 2.50. The van der Waals surface area contributed by atoms with Gasteiger partial charge in [-0.2, -0.15) is 0 Å². The molecule has 93 heavy (non-hydrogen) atoms. The maximum Gasteiger partial charge on any atom is 0.410 e. The van der Waals surface area contributed by atoms with Crippen molar-refractivity contribution >= 4 is 59.3 Å². The second kappa shape index (κ2) is 36.8. The molecular formula is C69H106N10O14. The first-order valence-corrected chi connectivity index (χ1v) is 33.1. The number of hydrogen-bond acceptors (Lipinski definition) is 14. The molecule has 0 radical (unpaired) electrons. The van der Waals surface area contributed by atoms with Crippen LogP contribution in [0.2, 0.25) is 0 Å². The molecule has 2 aliphatic carbocycles. The molecule has 15 atom stereocenters. The van der Waals surface area contributed by atoms with Crippen molar-refractivity contribution in [1.82, 2.24) is 41.3 Å². The number of ether oxygens (including phenoxy) is 4. The van der Waals surface area contributed by atoms with Gasteiger partial charge in [0.2, 0.25) is 35.4 Å². The first-order chi connectivity index (χ1) is 44.1. The van der Waals surface area contributed by atoms with Crippen LogP contribution in [-0.4, -0.2) is 176 Å². The summed E-state index contributed by atoms with van der Waals surface area (Å²) in [5, 5.41) is 27.6. The van der Waals surface area contributed by atoms with Gasteiger partial charge in [0.05, 0.1) is 55.4 Å². The van der Waals surface area contributed by atoms with Crippen molar-refractivity contribution in [2.75, 3.05) is 53.3 Å². The van der Waals surface area contributed by atoms with Crippen molar-refractivity contribution in [2.45, 2.75) is 201 Å². The topological polar surface area (TPSA) is 319 Å². The Balaban J connectivity index is 1.18. The quantitative estimate of drug-likeness (QED) is 0.0269. The van der Waals surface area contributed by atoms with Crippen LogP contribution in [0.5, 0.6) is 0 Å². The number of likely N-dealkylation sites (N-methyl/N-ethyl adjacent to an activating group) is 2. The fourth-order valence-corrected chi connectivity index (χ4v) is 13.1. The van der Waals surface area contributed by atoms with Crippen LogP contribution < -0.4 is 37.6 Å². The van der Waals surface area contributed by atoms with Crippen molar-refractivity contribution in [1.29, 1.82) is 0 Å². The van der Waals surface area contributed by atoms with E-state index in [0.29, 0.717) is 54.5 Å². The van der Waals surface area contributed by atoms with Crippen LogP contribution in [0, 0.1) is 59.2 Å². The minimum atomic E-state index is -1.09. The van der Waals surface area contributed by atoms with Gasteiger partial charge >= 0.3 is 18.2 Å². The van der Waals surface area contributed by atoms with Gasteiger partial charge in [0.25, 0.3) is 0 Å². The number of primary amides is 1. The number of anilines is 1. The first kappa shape index (κ1) is 76.2. The minimum Gasteiger partial charge on any atom is -0.449 e. The van der Waals surface area contributed by atoms with E-state index in [9.17, 15) is 48.3 Å². The van der Waals surface area contributed by atoms with Gasteiger partial charge in [0.1, 0.15) is 30.8 Å². The van der Waals surface area contributed by atoms with Crippen molar-refractivity contribution in [3.63, 3.8) is 0 Å². The van der Waals surface area contributed by atoms with E-state index in [-0.39, 0.29) is 68.6 Å². The molecule has 1 heterocycles. The monoisotopic (exact) mass is 1300 g/mol. The summed E-state index contributed by atoms with van der Waals surface area (Å²) < 4.78 is 23.4. The van der Waals surface area contributed by atoms with Gasteiger partial charge in [-0.1, -0.05) is 111 Å². The van der Waals surface area contributed by atoms with E-state index in [1.165, 1.54) is 26.2 Å². The Morgan fingerprint density at radius 2 is 1.35 bits per heavy atom. The van der Waals surface area contributed by atoms with Crippen LogP contribution in [0.1, 0.15) is 151 Å². The predicted molar refractivity (Wildman–Crippen MR) is 352 cm³/mol. The molecule has 2 aromatic rings. The highest BCUT2D eigenvalue weighted by Crippen LogP contribution is 2.52. The molecule has 1 saturated heterocycles. The number of aliphatic hydroxyl groups excluding tert-OH is 1. The molecule has 10 amide bonds. The number of nitrogens with two attached hydrogens (primary N) is 1. The van der Waals surface area contributed by atoms with Gasteiger partial charge in [-0.25, -0.2) is 14.4 Å². The number of methoxy groups -OCH3 is 2. The number of aliphatic hydroxyl groups is 1. The molecule has 1 aliphatic heterocycles. The maximum atomic E-state index is 14.8. The summed E-state index contributed by atoms with van der Waals surface area (Å²) in [6, 6.07) is 8.89. The third-order valence-corrected chi connectivity index (χ3v) is 18.7. The number of nitrogens with zero attached hydrogens (tertiary/aromatic N) is 3. The van der Waals surface area contributed by atoms with Crippen LogP contribution in [0.25, 0.3) is 0 Å². The molecule has 9 N–H and O–H groups in total. The second-order valence-electron chi connectivity index (χ2n) is 26.4. The van der Waals surface area contributed by atoms with E-state index in [1.54, 1.807) is 94.8 Å². The smallest absolute Gasteiger partial charge is 0.410 e. The fourth-order valence-electron chi connectivity index (χ4n) is 13.1. The fraction of sp³-hybridized carbons (Fsp3) is 0.667. The Kier molecular flexibility index (Phi) is 30.2. The molecule has 24 heteroatoms. The lowest BCUT2D eigenvalue weighted by molar-refractivity contribution is -0.148. The minimum absolute atomic E-state index is 0.0848. The van der Waals surface area contributed by atoms with E-state index in [1.807, 2.05) is 45.9 Å². The SMILES string of the molecule is CC[C@H](C)[C@@H](C(CC(=O)N1CCC[C@H]1[C@H](OC)[C@@H](C)C(=O)N[C@H](C)[C@@H](O)c1ccccc1)OC)N(C)C(=O)[C@@H](NC(=O)[C@H](C(C)C)N(C)C(=O)OCc1ccc(NC(=O)[C@H](CCCNC(N)=O)NC(=O)[C@@H](NC(=O)OCC2[C@H]3CCC#CCC[C@@H]23)C(C)C)cc1)C(C)C. The molecule has 0 aromatic heterocycles. The third kappa shape index (κ3) is 21.8. The Morgan fingerprint density at radius 3 is 1.92 bits per heavy atom. The van der Waals surface area contributed by atoms with Crippen molar-refractivity contribution < 1.29 is 67.2 Å². The molecule has 2 unspecified atom stereocenters. The van der Waals surface area contributed by atoms with Gasteiger partial charge in [-0.3, -0.25) is 33.7 Å². The lowest BCUT2D eigenvalue weighted by Gasteiger charge is -2.41. The zero-order valence-electron chi connectivity index (χ0n) is 57.2. The van der Waals surface area contributed by atoms with Gasteiger partial charge < -0.3 is 71.5 Å². The summed E-state index contributed by atoms with van der Waals surface area (Å²) in [7, 11) is 6.11. The van der Waals surface area contributed by atoms with Crippen LogP contribution in [0.15, 0.2) is 54.6 Å². The standard InChI is InChI=1S/C69H106N10O14/c1-15-43(8)59(54(90-13)37-55(80)79-36-24-30-53(79)61(91-14)44(9)62(82)72-45(10)60(81)47-25-19-18-20-26-47)77(11)66(86)57(41(4)5)75-65(85)58(42(6)7)78(12)69(89)93-38-46-31-33-48(34-32-46)73-63(83)52(29-23-35-71-67(70)87)74-64(84)56(40(2)3)76-68(88)92-39-51-49-27-21-16-17-22-28-50(49)51/h18-20,25-26,31-34,40-45,49-54,56-61,81H,15,21-24,27-30,35-39H2,1-14H3,(H,72,82)(H,73,83)(H,74,84)(H,75,85)(H,76,88)(H3,70,71,87)/t43-,44+,45+,49-,50+,51?,52-,53-,54?,56-,57-,58-,59-,60+,61+/m0/s1. The number of fused-ring (bicyclic) bond motifs is 1. The molecule has 516 valence electrons. The largest absolute Gasteiger partial charge is 0.449 e. The van der Waals surface area contributed by atoms with E-state index in [4.69, 9.17) is 24.7 Å². The highest BCUT2D eigenvalue weighted by atomic mass is 16.6. The average molecular weight is 1300 g/mol. The molecule has 2 fully saturated rings. The Morgan fingerprint density at radius 1 is 0.720 bits per heavy atom. The normalized spacial score (nSPS) is 20.3. The lowest BCUT2D eigenvalue weighted by Crippen LogP contribution is -2.60. The van der Waals surface area contributed by atoms with Crippen LogP contribution in [0.3, 0.4) is 0 Å². The van der Waals surface area contributed by atoms with Gasteiger partial charge in [-0.15, -0.1) is 11.8 Å². The molecular weight excluding hydrogens is 1190 g/mol. The summed E-state index contributed by atoms with van der Waals surface area (Å²) in [5.74, 6) is 2.76. The summed E-state index contributed by atoms with van der Waals surface area (Å²) >= 11 is 0. The van der Waals surface area contributed by atoms with E-state index < -0.39 is 120 Å². The summed E-state index contributed by atoms with van der Waals surface area (Å²) in [4.78, 5) is 128. The van der Waals surface area contributed by atoms with Crippen molar-refractivity contribution in [3.8, 4) is 11.8 Å². The van der Waals surface area contributed by atoms with Gasteiger partial charge in [0, 0.05) is 59.9 Å². The number of carbonyl (C=O) groups excluding carboxylic acids is 9. The zero-order valence-corrected chi connectivity index (χ0v) is 57.2. The van der Waals surface area contributed by atoms with Gasteiger partial charge in [-0.05, 0) is 110 Å². The van der Waals surface area contributed by atoms with Crippen molar-refractivity contribution in [2.24, 2.45) is 53.1 Å². The summed E-state index contributed by atoms with van der Waals surface area (Å²) in [6.45, 7) is 18.7. The number of benzene rings is 2. The molecule has 3 aliphatic rings. The van der Waals surface area contributed by atoms with E-state index >= 15 is 0 Å². The lowest BCUT2D eigenvalue weighted by atomic mass is 9.89. The molecule has 5 rings (SSSR count).